The molecule has 0 aliphatic heterocycles. The molecule has 0 fully saturated rings. The number of rotatable bonds is 14. The van der Waals surface area contributed by atoms with Crippen molar-refractivity contribution in [2.75, 3.05) is 14.2 Å². The highest BCUT2D eigenvalue weighted by Gasteiger charge is 2.18. The van der Waals surface area contributed by atoms with Gasteiger partial charge in [-0.15, -0.1) is 0 Å². The van der Waals surface area contributed by atoms with Crippen LogP contribution in [0.4, 0.5) is 0 Å². The van der Waals surface area contributed by atoms with E-state index in [1.165, 1.54) is 11.1 Å². The second-order valence-corrected chi connectivity index (χ2v) is 7.41. The Morgan fingerprint density at radius 3 is 1.50 bits per heavy atom. The van der Waals surface area contributed by atoms with E-state index in [0.29, 0.717) is 0 Å². The predicted octanol–water partition coefficient (Wildman–Crippen LogP) is 5.10. The Morgan fingerprint density at radius 2 is 1.13 bits per heavy atom. The van der Waals surface area contributed by atoms with Gasteiger partial charge in [-0.05, 0) is 72.2 Å². The minimum atomic E-state index is -1.28. The van der Waals surface area contributed by atoms with Crippen LogP contribution in [0, 0.1) is 0 Å². The van der Waals surface area contributed by atoms with Crippen LogP contribution in [0.15, 0.2) is 36.4 Å². The van der Waals surface area contributed by atoms with E-state index in [4.69, 9.17) is 18.8 Å². The molecule has 2 aromatic carbocycles. The van der Waals surface area contributed by atoms with Crippen molar-refractivity contribution in [1.82, 2.24) is 0 Å². The van der Waals surface area contributed by atoms with Crippen molar-refractivity contribution < 1.29 is 23.8 Å². The number of ether oxygens (including phenoxy) is 2. The van der Waals surface area contributed by atoms with Crippen LogP contribution in [0.1, 0.15) is 61.8 Å². The van der Waals surface area contributed by atoms with Gasteiger partial charge < -0.3 is 23.8 Å². The maximum atomic E-state index is 10.2. The average molecular weight is 414 g/mol. The van der Waals surface area contributed by atoms with Crippen LogP contribution in [0.5, 0.6) is 11.5 Å². The Kier molecular flexibility index (Phi) is 10.8. The fourth-order valence-corrected chi connectivity index (χ4v) is 3.31. The fraction of sp³-hybridized carbons (Fsp3) is 0.500. The van der Waals surface area contributed by atoms with Crippen LogP contribution in [-0.4, -0.2) is 26.6 Å². The lowest BCUT2D eigenvalue weighted by Crippen LogP contribution is -2.23. The number of aryl methyl sites for hydroxylation is 2. The smallest absolute Gasteiger partial charge is 0.497 e. The molecule has 0 unspecified atom stereocenters. The normalized spacial score (nSPS) is 10.8. The molecule has 0 radical (unpaired) electrons. The van der Waals surface area contributed by atoms with Crippen molar-refractivity contribution in [2.45, 2.75) is 65.6 Å². The second-order valence-electron chi connectivity index (χ2n) is 7.41. The second kappa shape index (κ2) is 13.3. The maximum absolute atomic E-state index is 10.2. The summed E-state index contributed by atoms with van der Waals surface area (Å²) in [4.78, 5) is 0. The highest BCUT2D eigenvalue weighted by atomic mass is 16.7. The summed E-state index contributed by atoms with van der Waals surface area (Å²) < 4.78 is 21.8. The molecular weight excluding hydrogens is 379 g/mol. The van der Waals surface area contributed by atoms with Crippen molar-refractivity contribution in [3.05, 3.63) is 58.7 Å². The molecule has 0 saturated carbocycles. The fourth-order valence-electron chi connectivity index (χ4n) is 3.31. The highest BCUT2D eigenvalue weighted by Crippen LogP contribution is 2.22. The summed E-state index contributed by atoms with van der Waals surface area (Å²) in [6.07, 6.45) is 6.33. The molecule has 0 aliphatic rings. The topological polar surface area (TPSA) is 57.2 Å². The van der Waals surface area contributed by atoms with Gasteiger partial charge in [0.15, 0.2) is 0 Å². The van der Waals surface area contributed by atoms with Gasteiger partial charge in [0.25, 0.3) is 0 Å². The number of benzene rings is 2. The standard InChI is InChI=1S/C24H35BO5/c1-5-7-9-19-15-23(27-3)13-11-21(19)17-29-25(26)30-18-22-12-14-24(28-4)16-20(22)10-8-6-2/h11-16,26H,5-10,17-18H2,1-4H3. The zero-order valence-electron chi connectivity index (χ0n) is 18.8. The van der Waals surface area contributed by atoms with Gasteiger partial charge in [0.1, 0.15) is 11.5 Å². The molecule has 0 amide bonds. The third-order valence-electron chi connectivity index (χ3n) is 5.19. The minimum absolute atomic E-state index is 0.287. The molecule has 164 valence electrons. The summed E-state index contributed by atoms with van der Waals surface area (Å²) in [5.74, 6) is 1.67. The monoisotopic (exact) mass is 414 g/mol. The van der Waals surface area contributed by atoms with E-state index < -0.39 is 7.32 Å². The molecule has 6 heteroatoms. The van der Waals surface area contributed by atoms with Crippen LogP contribution in [-0.2, 0) is 35.4 Å². The van der Waals surface area contributed by atoms with Gasteiger partial charge in [0.05, 0.1) is 27.4 Å². The molecule has 5 nitrogen and oxygen atoms in total. The van der Waals surface area contributed by atoms with E-state index in [1.807, 2.05) is 36.4 Å². The largest absolute Gasteiger partial charge is 0.637 e. The summed E-state index contributed by atoms with van der Waals surface area (Å²) in [7, 11) is 2.05. The van der Waals surface area contributed by atoms with Crippen LogP contribution in [0.2, 0.25) is 0 Å². The van der Waals surface area contributed by atoms with Gasteiger partial charge in [-0.1, -0.05) is 38.8 Å². The molecule has 2 rings (SSSR count). The van der Waals surface area contributed by atoms with Gasteiger partial charge in [-0.3, -0.25) is 0 Å². The molecular formula is C24H35BO5. The van der Waals surface area contributed by atoms with Crippen molar-refractivity contribution in [3.8, 4) is 11.5 Å². The quantitative estimate of drug-likeness (QED) is 0.436. The Labute approximate surface area is 181 Å². The summed E-state index contributed by atoms with van der Waals surface area (Å²) >= 11 is 0. The lowest BCUT2D eigenvalue weighted by atomic mass is 10.0. The number of unbranched alkanes of at least 4 members (excludes halogenated alkanes) is 2. The minimum Gasteiger partial charge on any atom is -0.497 e. The molecule has 2 aromatic rings. The number of hydrogen-bond acceptors (Lipinski definition) is 5. The Bertz CT molecular complexity index is 702. The molecule has 0 aliphatic carbocycles. The van der Waals surface area contributed by atoms with Gasteiger partial charge in [0, 0.05) is 0 Å². The van der Waals surface area contributed by atoms with E-state index in [0.717, 1.165) is 61.2 Å². The van der Waals surface area contributed by atoms with Crippen molar-refractivity contribution in [2.24, 2.45) is 0 Å². The first-order chi connectivity index (χ1) is 14.6. The first-order valence-electron chi connectivity index (χ1n) is 10.8. The summed E-state index contributed by atoms with van der Waals surface area (Å²) in [6, 6.07) is 11.9. The lowest BCUT2D eigenvalue weighted by Gasteiger charge is -2.15. The Morgan fingerprint density at radius 1 is 0.700 bits per heavy atom. The average Bonchev–Trinajstić information content (AvgIpc) is 2.78. The van der Waals surface area contributed by atoms with E-state index in [2.05, 4.69) is 13.8 Å². The zero-order chi connectivity index (χ0) is 21.8. The van der Waals surface area contributed by atoms with Gasteiger partial charge >= 0.3 is 7.32 Å². The summed E-state index contributed by atoms with van der Waals surface area (Å²) in [6.45, 7) is 4.91. The highest BCUT2D eigenvalue weighted by molar-refractivity contribution is 6.34. The van der Waals surface area contributed by atoms with E-state index in [9.17, 15) is 5.02 Å². The molecule has 0 atom stereocenters. The molecule has 0 aromatic heterocycles. The van der Waals surface area contributed by atoms with E-state index in [1.54, 1.807) is 14.2 Å². The first kappa shape index (κ1) is 24.3. The molecule has 30 heavy (non-hydrogen) atoms. The Balaban J connectivity index is 1.94. The molecule has 0 saturated heterocycles. The van der Waals surface area contributed by atoms with Crippen molar-refractivity contribution in [3.63, 3.8) is 0 Å². The third kappa shape index (κ3) is 7.67. The maximum Gasteiger partial charge on any atom is 0.637 e. The number of hydrogen-bond donors (Lipinski definition) is 1. The SMILES string of the molecule is CCCCc1cc(OC)ccc1COB(O)OCc1ccc(OC)cc1CCCC. The van der Waals surface area contributed by atoms with Crippen LogP contribution in [0.3, 0.4) is 0 Å². The van der Waals surface area contributed by atoms with Gasteiger partial charge in [-0.25, -0.2) is 0 Å². The van der Waals surface area contributed by atoms with E-state index >= 15 is 0 Å². The van der Waals surface area contributed by atoms with E-state index in [-0.39, 0.29) is 13.2 Å². The molecule has 0 heterocycles. The predicted molar refractivity (Wildman–Crippen MR) is 121 cm³/mol. The van der Waals surface area contributed by atoms with Crippen molar-refractivity contribution >= 4 is 7.32 Å². The first-order valence-corrected chi connectivity index (χ1v) is 10.8. The van der Waals surface area contributed by atoms with Crippen molar-refractivity contribution in [1.29, 1.82) is 0 Å². The summed E-state index contributed by atoms with van der Waals surface area (Å²) in [5, 5.41) is 10.2. The lowest BCUT2D eigenvalue weighted by molar-refractivity contribution is 0.119. The Hall–Kier alpha value is -2.02. The third-order valence-corrected chi connectivity index (χ3v) is 5.19. The van der Waals surface area contributed by atoms with Crippen LogP contribution < -0.4 is 9.47 Å². The van der Waals surface area contributed by atoms with Crippen LogP contribution >= 0.6 is 0 Å². The molecule has 0 spiro atoms. The number of methoxy groups -OCH3 is 2. The van der Waals surface area contributed by atoms with Crippen LogP contribution in [0.25, 0.3) is 0 Å². The van der Waals surface area contributed by atoms with Gasteiger partial charge in [-0.2, -0.15) is 0 Å². The van der Waals surface area contributed by atoms with Gasteiger partial charge in [0.2, 0.25) is 0 Å². The zero-order valence-corrected chi connectivity index (χ0v) is 18.8. The molecule has 1 N–H and O–H groups in total. The molecule has 0 bridgehead atoms. The summed E-state index contributed by atoms with van der Waals surface area (Å²) in [5.41, 5.74) is 4.45.